The molecule has 0 saturated carbocycles. The highest BCUT2D eigenvalue weighted by atomic mass is 127. The van der Waals surface area contributed by atoms with E-state index in [1.807, 2.05) is 18.2 Å². The normalized spacial score (nSPS) is 12.9. The zero-order chi connectivity index (χ0) is 22.4. The van der Waals surface area contributed by atoms with Crippen LogP contribution in [-0.4, -0.2) is 60.0 Å². The van der Waals surface area contributed by atoms with Crippen LogP contribution in [0.3, 0.4) is 0 Å². The molecule has 9 heteroatoms. The number of aliphatic imine (C=N–C) groups is 1. The SMILES string of the molecule is CN=C(NCc1cc(OC)c(OC)cc1OC)N1CCc2cc(OC)c(OC)cc2C1.I. The van der Waals surface area contributed by atoms with Crippen LogP contribution < -0.4 is 29.0 Å². The summed E-state index contributed by atoms with van der Waals surface area (Å²) in [5, 5.41) is 3.44. The van der Waals surface area contributed by atoms with Gasteiger partial charge in [0, 0.05) is 38.3 Å². The Balaban J connectivity index is 0.00000363. The number of ether oxygens (including phenoxy) is 5. The lowest BCUT2D eigenvalue weighted by Gasteiger charge is -2.32. The van der Waals surface area contributed by atoms with Crippen molar-refractivity contribution in [2.45, 2.75) is 19.5 Å². The molecule has 1 N–H and O–H groups in total. The van der Waals surface area contributed by atoms with E-state index < -0.39 is 0 Å². The Bertz CT molecular complexity index is 952. The van der Waals surface area contributed by atoms with Gasteiger partial charge in [-0.2, -0.15) is 0 Å². The zero-order valence-electron chi connectivity index (χ0n) is 19.5. The molecule has 1 aliphatic rings. The smallest absolute Gasteiger partial charge is 0.194 e. The van der Waals surface area contributed by atoms with Gasteiger partial charge < -0.3 is 33.9 Å². The van der Waals surface area contributed by atoms with Crippen LogP contribution in [0.1, 0.15) is 16.7 Å². The number of methoxy groups -OCH3 is 5. The number of hydrogen-bond acceptors (Lipinski definition) is 6. The predicted molar refractivity (Wildman–Crippen MR) is 135 cm³/mol. The first-order chi connectivity index (χ1) is 15.1. The van der Waals surface area contributed by atoms with Crippen molar-refractivity contribution in [3.8, 4) is 28.7 Å². The van der Waals surface area contributed by atoms with Crippen molar-refractivity contribution in [3.63, 3.8) is 0 Å². The number of nitrogens with zero attached hydrogens (tertiary/aromatic N) is 2. The highest BCUT2D eigenvalue weighted by Crippen LogP contribution is 2.35. The minimum absolute atomic E-state index is 0. The molecule has 1 heterocycles. The number of guanidine groups is 1. The molecule has 0 spiro atoms. The van der Waals surface area contributed by atoms with E-state index in [1.54, 1.807) is 42.6 Å². The second-order valence-corrected chi connectivity index (χ2v) is 7.07. The van der Waals surface area contributed by atoms with E-state index >= 15 is 0 Å². The van der Waals surface area contributed by atoms with E-state index in [9.17, 15) is 0 Å². The lowest BCUT2D eigenvalue weighted by Crippen LogP contribution is -2.43. The number of fused-ring (bicyclic) bond motifs is 1. The average molecular weight is 557 g/mol. The maximum absolute atomic E-state index is 5.54. The lowest BCUT2D eigenvalue weighted by molar-refractivity contribution is 0.344. The second kappa shape index (κ2) is 11.9. The molecule has 0 saturated heterocycles. The number of halogens is 1. The summed E-state index contributed by atoms with van der Waals surface area (Å²) in [7, 11) is 9.97. The van der Waals surface area contributed by atoms with E-state index in [1.165, 1.54) is 11.1 Å². The van der Waals surface area contributed by atoms with Crippen LogP contribution in [0.5, 0.6) is 28.7 Å². The first kappa shape index (κ1) is 25.7. The first-order valence-electron chi connectivity index (χ1n) is 10.1. The monoisotopic (exact) mass is 557 g/mol. The molecule has 32 heavy (non-hydrogen) atoms. The van der Waals surface area contributed by atoms with Crippen LogP contribution in [0.4, 0.5) is 0 Å². The van der Waals surface area contributed by atoms with Crippen molar-refractivity contribution < 1.29 is 23.7 Å². The molecule has 0 amide bonds. The zero-order valence-corrected chi connectivity index (χ0v) is 21.8. The first-order valence-corrected chi connectivity index (χ1v) is 10.1. The fraction of sp³-hybridized carbons (Fsp3) is 0.435. The van der Waals surface area contributed by atoms with Gasteiger partial charge >= 0.3 is 0 Å². The quantitative estimate of drug-likeness (QED) is 0.318. The summed E-state index contributed by atoms with van der Waals surface area (Å²) in [6, 6.07) is 7.86. The molecule has 2 aromatic carbocycles. The van der Waals surface area contributed by atoms with Crippen molar-refractivity contribution in [1.29, 1.82) is 0 Å². The Labute approximate surface area is 206 Å². The summed E-state index contributed by atoms with van der Waals surface area (Å²) < 4.78 is 27.2. The molecule has 1 aliphatic heterocycles. The van der Waals surface area contributed by atoms with Gasteiger partial charge in [-0.15, -0.1) is 24.0 Å². The van der Waals surface area contributed by atoms with Gasteiger partial charge in [0.1, 0.15) is 5.75 Å². The fourth-order valence-corrected chi connectivity index (χ4v) is 3.80. The average Bonchev–Trinajstić information content (AvgIpc) is 2.82. The third-order valence-electron chi connectivity index (χ3n) is 5.45. The maximum Gasteiger partial charge on any atom is 0.194 e. The standard InChI is InChI=1S/C23H31N3O5.HI/c1-24-23(25-13-16-10-20(29-4)22(31-6)12-18(16)27-2)26-8-7-15-9-19(28-3)21(30-5)11-17(15)14-26;/h9-12H,7-8,13-14H2,1-6H3,(H,24,25);1H. The molecule has 0 aromatic heterocycles. The Morgan fingerprint density at radius 1 is 0.812 bits per heavy atom. The lowest BCUT2D eigenvalue weighted by atomic mass is 9.99. The van der Waals surface area contributed by atoms with Gasteiger partial charge in [0.05, 0.1) is 35.5 Å². The molecule has 2 aromatic rings. The number of hydrogen-bond donors (Lipinski definition) is 1. The molecular formula is C23H32IN3O5. The van der Waals surface area contributed by atoms with Gasteiger partial charge in [-0.05, 0) is 35.7 Å². The minimum atomic E-state index is 0. The van der Waals surface area contributed by atoms with Gasteiger partial charge in [0.25, 0.3) is 0 Å². The Morgan fingerprint density at radius 3 is 1.91 bits per heavy atom. The van der Waals surface area contributed by atoms with Crippen LogP contribution in [-0.2, 0) is 19.5 Å². The summed E-state index contributed by atoms with van der Waals surface area (Å²) in [6.07, 6.45) is 0.899. The molecule has 0 atom stereocenters. The van der Waals surface area contributed by atoms with Crippen molar-refractivity contribution >= 4 is 29.9 Å². The number of nitrogens with one attached hydrogen (secondary N) is 1. The molecule has 8 nitrogen and oxygen atoms in total. The predicted octanol–water partition coefficient (Wildman–Crippen LogP) is 3.48. The van der Waals surface area contributed by atoms with Gasteiger partial charge in [-0.25, -0.2) is 0 Å². The molecule has 0 radical (unpaired) electrons. The molecular weight excluding hydrogens is 525 g/mol. The van der Waals surface area contributed by atoms with Crippen LogP contribution in [0.2, 0.25) is 0 Å². The van der Waals surface area contributed by atoms with Crippen LogP contribution in [0, 0.1) is 0 Å². The Hall–Kier alpha value is -2.56. The third kappa shape index (κ3) is 5.43. The molecule has 0 aliphatic carbocycles. The van der Waals surface area contributed by atoms with Crippen molar-refractivity contribution in [2.24, 2.45) is 4.99 Å². The highest BCUT2D eigenvalue weighted by molar-refractivity contribution is 14.0. The number of rotatable bonds is 7. The summed E-state index contributed by atoms with van der Waals surface area (Å²) in [5.41, 5.74) is 3.42. The maximum atomic E-state index is 5.54. The minimum Gasteiger partial charge on any atom is -0.496 e. The van der Waals surface area contributed by atoms with E-state index in [-0.39, 0.29) is 24.0 Å². The second-order valence-electron chi connectivity index (χ2n) is 7.07. The molecule has 3 rings (SSSR count). The highest BCUT2D eigenvalue weighted by Gasteiger charge is 2.22. The van der Waals surface area contributed by atoms with Crippen molar-refractivity contribution in [1.82, 2.24) is 10.2 Å². The van der Waals surface area contributed by atoms with Crippen LogP contribution in [0.25, 0.3) is 0 Å². The van der Waals surface area contributed by atoms with E-state index in [0.717, 1.165) is 48.3 Å². The number of benzene rings is 2. The summed E-state index contributed by atoms with van der Waals surface area (Å²) in [4.78, 5) is 6.71. The van der Waals surface area contributed by atoms with Crippen LogP contribution >= 0.6 is 24.0 Å². The van der Waals surface area contributed by atoms with E-state index in [4.69, 9.17) is 23.7 Å². The molecule has 176 valence electrons. The Morgan fingerprint density at radius 2 is 1.34 bits per heavy atom. The summed E-state index contributed by atoms with van der Waals surface area (Å²) in [5.74, 6) is 4.32. The summed E-state index contributed by atoms with van der Waals surface area (Å²) in [6.45, 7) is 2.12. The molecule has 0 bridgehead atoms. The third-order valence-corrected chi connectivity index (χ3v) is 5.45. The summed E-state index contributed by atoms with van der Waals surface area (Å²) >= 11 is 0. The molecule has 0 unspecified atom stereocenters. The molecule has 0 fully saturated rings. The largest absolute Gasteiger partial charge is 0.496 e. The van der Waals surface area contributed by atoms with Crippen LogP contribution in [0.15, 0.2) is 29.3 Å². The van der Waals surface area contributed by atoms with Crippen molar-refractivity contribution in [2.75, 3.05) is 49.1 Å². The van der Waals surface area contributed by atoms with Gasteiger partial charge in [0.15, 0.2) is 29.0 Å². The topological polar surface area (TPSA) is 73.8 Å². The van der Waals surface area contributed by atoms with Crippen molar-refractivity contribution in [3.05, 3.63) is 41.0 Å². The van der Waals surface area contributed by atoms with Gasteiger partial charge in [-0.3, -0.25) is 4.99 Å². The fourth-order valence-electron chi connectivity index (χ4n) is 3.80. The van der Waals surface area contributed by atoms with E-state index in [2.05, 4.69) is 21.3 Å². The van der Waals surface area contributed by atoms with Gasteiger partial charge in [0.2, 0.25) is 0 Å². The Kier molecular flexibility index (Phi) is 9.55. The van der Waals surface area contributed by atoms with E-state index in [0.29, 0.717) is 18.0 Å². The van der Waals surface area contributed by atoms with Gasteiger partial charge in [-0.1, -0.05) is 0 Å².